The Labute approximate surface area is 83.3 Å². The van der Waals surface area contributed by atoms with Crippen molar-refractivity contribution in [1.29, 1.82) is 0 Å². The van der Waals surface area contributed by atoms with E-state index in [0.717, 1.165) is 0 Å². The molecule has 2 saturated heterocycles. The van der Waals surface area contributed by atoms with Crippen molar-refractivity contribution in [2.75, 3.05) is 26.2 Å². The van der Waals surface area contributed by atoms with E-state index in [-0.39, 0.29) is 12.6 Å². The second kappa shape index (κ2) is 3.61. The van der Waals surface area contributed by atoms with Crippen LogP contribution in [0.1, 0.15) is 0 Å². The highest BCUT2D eigenvalue weighted by Crippen LogP contribution is 2.21. The minimum atomic E-state index is -3.48. The van der Waals surface area contributed by atoms with Crippen molar-refractivity contribution < 1.29 is 17.4 Å². The number of piperazine rings is 1. The first-order chi connectivity index (χ1) is 6.63. The van der Waals surface area contributed by atoms with Crippen LogP contribution in [0.25, 0.3) is 0 Å². The second-order valence-electron chi connectivity index (χ2n) is 3.29. The third-order valence-corrected chi connectivity index (χ3v) is 3.92. The van der Waals surface area contributed by atoms with Crippen molar-refractivity contribution in [1.82, 2.24) is 9.12 Å². The van der Waals surface area contributed by atoms with Crippen LogP contribution in [-0.4, -0.2) is 63.4 Å². The number of hydrogen-bond donors (Lipinski definition) is 0. The molecule has 2 rings (SSSR count). The Balaban J connectivity index is 2.05. The van der Waals surface area contributed by atoms with Crippen LogP contribution in [0.3, 0.4) is 0 Å². The van der Waals surface area contributed by atoms with Crippen molar-refractivity contribution in [3.05, 3.63) is 0 Å². The number of hydrogen-bond acceptors (Lipinski definition) is 5. The Kier molecular flexibility index (Phi) is 2.61. The van der Waals surface area contributed by atoms with Gasteiger partial charge in [-0.3, -0.25) is 4.18 Å². The van der Waals surface area contributed by atoms with Gasteiger partial charge in [0.2, 0.25) is 0 Å². The Morgan fingerprint density at radius 2 is 2.21 bits per heavy atom. The average molecular weight is 217 g/mol. The van der Waals surface area contributed by atoms with Gasteiger partial charge >= 0.3 is 10.3 Å². The largest absolute Gasteiger partial charge is 0.338 e. The monoisotopic (exact) mass is 217 g/mol. The van der Waals surface area contributed by atoms with Gasteiger partial charge in [-0.15, -0.1) is 0 Å². The SMILES string of the molecule is O=C[B]N1CCN2[C@@H](COS2(=O)=O)C1. The van der Waals surface area contributed by atoms with Crippen LogP contribution in [0.5, 0.6) is 0 Å². The maximum atomic E-state index is 11.3. The number of carbonyl (C=O) groups is 1. The molecule has 0 bridgehead atoms. The third-order valence-electron chi connectivity index (χ3n) is 2.43. The predicted octanol–water partition coefficient (Wildman–Crippen LogP) is -1.94. The average Bonchev–Trinajstić information content (AvgIpc) is 2.43. The standard InChI is InChI=1S/C6H10BN2O4S/c10-5-7-8-1-2-9-6(3-8)4-13-14(9,11)12/h5-6H,1-4H2/t6-/m1/s1. The van der Waals surface area contributed by atoms with Gasteiger partial charge in [-0.1, -0.05) is 0 Å². The van der Waals surface area contributed by atoms with Crippen LogP contribution in [0.4, 0.5) is 0 Å². The zero-order valence-corrected chi connectivity index (χ0v) is 8.31. The number of rotatable bonds is 2. The Morgan fingerprint density at radius 3 is 2.93 bits per heavy atom. The van der Waals surface area contributed by atoms with Crippen LogP contribution in [0.2, 0.25) is 0 Å². The molecule has 0 spiro atoms. The lowest BCUT2D eigenvalue weighted by Crippen LogP contribution is -2.53. The van der Waals surface area contributed by atoms with Crippen LogP contribution >= 0.6 is 0 Å². The number of fused-ring (bicyclic) bond motifs is 1. The molecule has 2 fully saturated rings. The van der Waals surface area contributed by atoms with Gasteiger partial charge in [-0.05, 0) is 0 Å². The van der Waals surface area contributed by atoms with Crippen molar-refractivity contribution in [3.63, 3.8) is 0 Å². The number of nitrogens with zero attached hydrogens (tertiary/aromatic N) is 2. The fourth-order valence-corrected chi connectivity index (χ4v) is 3.01. The molecule has 2 aliphatic heterocycles. The molecule has 0 amide bonds. The molecule has 8 heteroatoms. The van der Waals surface area contributed by atoms with Gasteiger partial charge in [0, 0.05) is 19.6 Å². The van der Waals surface area contributed by atoms with E-state index in [1.807, 2.05) is 0 Å². The van der Waals surface area contributed by atoms with Gasteiger partial charge in [0.25, 0.3) is 7.41 Å². The Hall–Kier alpha value is -0.435. The molecule has 2 heterocycles. The normalized spacial score (nSPS) is 32.4. The molecule has 0 saturated carbocycles. The molecule has 0 aromatic carbocycles. The van der Waals surface area contributed by atoms with Gasteiger partial charge in [-0.2, -0.15) is 12.7 Å². The van der Waals surface area contributed by atoms with Crippen molar-refractivity contribution >= 4 is 23.9 Å². The van der Waals surface area contributed by atoms with Gasteiger partial charge < -0.3 is 9.61 Å². The molecule has 0 aromatic heterocycles. The first-order valence-electron chi connectivity index (χ1n) is 4.32. The second-order valence-corrected chi connectivity index (χ2v) is 4.85. The van der Waals surface area contributed by atoms with E-state index in [0.29, 0.717) is 25.8 Å². The van der Waals surface area contributed by atoms with E-state index in [4.69, 9.17) is 0 Å². The van der Waals surface area contributed by atoms with E-state index in [1.165, 1.54) is 11.7 Å². The van der Waals surface area contributed by atoms with Crippen LogP contribution in [0.15, 0.2) is 0 Å². The van der Waals surface area contributed by atoms with Gasteiger partial charge in [0.1, 0.15) is 0 Å². The summed E-state index contributed by atoms with van der Waals surface area (Å²) in [7, 11) is -2.05. The van der Waals surface area contributed by atoms with E-state index >= 15 is 0 Å². The molecule has 0 aliphatic carbocycles. The van der Waals surface area contributed by atoms with Gasteiger partial charge in [0.05, 0.1) is 18.8 Å². The first-order valence-corrected chi connectivity index (χ1v) is 5.69. The van der Waals surface area contributed by atoms with E-state index in [1.54, 1.807) is 4.81 Å². The third kappa shape index (κ3) is 1.70. The molecule has 77 valence electrons. The highest BCUT2D eigenvalue weighted by molar-refractivity contribution is 7.84. The predicted molar refractivity (Wildman–Crippen MR) is 49.4 cm³/mol. The maximum Gasteiger partial charge on any atom is 0.338 e. The summed E-state index contributed by atoms with van der Waals surface area (Å²) in [6, 6.07) is -0.148. The van der Waals surface area contributed by atoms with Crippen LogP contribution in [0, 0.1) is 0 Å². The van der Waals surface area contributed by atoms with Crippen molar-refractivity contribution in [3.8, 4) is 0 Å². The summed E-state index contributed by atoms with van der Waals surface area (Å²) in [4.78, 5) is 12.0. The molecular weight excluding hydrogens is 207 g/mol. The smallest absolute Gasteiger partial charge is 0.337 e. The van der Waals surface area contributed by atoms with Gasteiger partial charge in [0.15, 0.2) is 0 Å². The van der Waals surface area contributed by atoms with E-state index < -0.39 is 10.3 Å². The summed E-state index contributed by atoms with van der Waals surface area (Å²) < 4.78 is 28.6. The zero-order valence-electron chi connectivity index (χ0n) is 7.50. The van der Waals surface area contributed by atoms with E-state index in [2.05, 4.69) is 4.18 Å². The lowest BCUT2D eigenvalue weighted by molar-refractivity contribution is 0.209. The fourth-order valence-electron chi connectivity index (χ4n) is 1.75. The summed E-state index contributed by atoms with van der Waals surface area (Å²) in [5.74, 6) is 0. The van der Waals surface area contributed by atoms with Gasteiger partial charge in [-0.25, -0.2) is 0 Å². The fraction of sp³-hybridized carbons (Fsp3) is 0.833. The molecule has 14 heavy (non-hydrogen) atoms. The minimum absolute atomic E-state index is 0.148. The summed E-state index contributed by atoms with van der Waals surface area (Å²) in [5.41, 5.74) is 0. The molecule has 0 unspecified atom stereocenters. The molecule has 1 radical (unpaired) electrons. The highest BCUT2D eigenvalue weighted by Gasteiger charge is 2.41. The maximum absolute atomic E-state index is 11.3. The van der Waals surface area contributed by atoms with Crippen LogP contribution < -0.4 is 0 Å². The lowest BCUT2D eigenvalue weighted by atomic mass is 9.92. The number of carbonyl (C=O) groups excluding carboxylic acids is 1. The van der Waals surface area contributed by atoms with Crippen LogP contribution in [-0.2, 0) is 19.3 Å². The van der Waals surface area contributed by atoms with E-state index in [9.17, 15) is 13.2 Å². The van der Waals surface area contributed by atoms with Crippen molar-refractivity contribution in [2.45, 2.75) is 6.04 Å². The molecule has 0 aromatic rings. The Morgan fingerprint density at radius 1 is 1.43 bits per heavy atom. The van der Waals surface area contributed by atoms with Crippen molar-refractivity contribution in [2.24, 2.45) is 0 Å². The topological polar surface area (TPSA) is 66.9 Å². The minimum Gasteiger partial charge on any atom is -0.337 e. The summed E-state index contributed by atoms with van der Waals surface area (Å²) in [6.45, 7) is 1.64. The molecule has 0 N–H and O–H groups in total. The first kappa shape index (κ1) is 10.1. The summed E-state index contributed by atoms with van der Waals surface area (Å²) in [5, 5.41) is 0. The summed E-state index contributed by atoms with van der Waals surface area (Å²) in [6.07, 6.45) is 0.708. The molecular formula is C6H10BN2O4S. The zero-order chi connectivity index (χ0) is 10.2. The lowest BCUT2D eigenvalue weighted by Gasteiger charge is -2.33. The molecule has 2 aliphatic rings. The molecule has 1 atom stereocenters. The summed E-state index contributed by atoms with van der Waals surface area (Å²) >= 11 is 0. The quantitative estimate of drug-likeness (QED) is 0.397. The Bertz CT molecular complexity index is 333. The molecule has 6 nitrogen and oxygen atoms in total. The highest BCUT2D eigenvalue weighted by atomic mass is 32.2.